The molecule has 136 valence electrons. The van der Waals surface area contributed by atoms with Gasteiger partial charge in [-0.05, 0) is 49.1 Å². The molecule has 0 N–H and O–H groups in total. The van der Waals surface area contributed by atoms with E-state index in [9.17, 15) is 9.18 Å². The van der Waals surface area contributed by atoms with Crippen LogP contribution < -0.4 is 0 Å². The maximum absolute atomic E-state index is 13.5. The smallest absolute Gasteiger partial charge is 0.246 e. The summed E-state index contributed by atoms with van der Waals surface area (Å²) < 4.78 is 19.2. The van der Waals surface area contributed by atoms with Crippen molar-refractivity contribution in [1.29, 1.82) is 0 Å². The van der Waals surface area contributed by atoms with Gasteiger partial charge in [-0.15, -0.1) is 0 Å². The van der Waals surface area contributed by atoms with Crippen LogP contribution in [0.5, 0.6) is 0 Å². The van der Waals surface area contributed by atoms with Crippen LogP contribution in [0.1, 0.15) is 29.5 Å². The Morgan fingerprint density at radius 1 is 1.27 bits per heavy atom. The monoisotopic (exact) mass is 353 g/mol. The summed E-state index contributed by atoms with van der Waals surface area (Å²) in [6, 6.07) is 14.4. The van der Waals surface area contributed by atoms with E-state index in [0.717, 1.165) is 30.6 Å². The molecule has 1 heterocycles. The Bertz CT molecular complexity index is 764. The third-order valence-corrected chi connectivity index (χ3v) is 4.52. The zero-order valence-electron chi connectivity index (χ0n) is 15.0. The lowest BCUT2D eigenvalue weighted by Crippen LogP contribution is -2.35. The Morgan fingerprint density at radius 3 is 2.77 bits per heavy atom. The number of carbonyl (C=O) groups excluding carboxylic acids is 1. The fraction of sp³-hybridized carbons (Fsp3) is 0.318. The standard InChI is InChI=1S/C22H24FNO2/c1-17-7-9-18(10-8-17)11-12-22(25)24(16-21-6-3-13-26-21)15-19-4-2-5-20(23)14-19/h2,4-5,7-12,14,21H,3,6,13,15-16H2,1H3/b12-11+. The summed E-state index contributed by atoms with van der Waals surface area (Å²) in [4.78, 5) is 14.5. The van der Waals surface area contributed by atoms with E-state index in [1.165, 1.54) is 17.7 Å². The zero-order chi connectivity index (χ0) is 18.4. The van der Waals surface area contributed by atoms with Crippen LogP contribution in [0, 0.1) is 12.7 Å². The lowest BCUT2D eigenvalue weighted by Gasteiger charge is -2.24. The molecule has 2 aromatic carbocycles. The molecule has 3 nitrogen and oxygen atoms in total. The van der Waals surface area contributed by atoms with Crippen LogP contribution in [0.2, 0.25) is 0 Å². The Balaban J connectivity index is 1.72. The second-order valence-electron chi connectivity index (χ2n) is 6.73. The number of rotatable bonds is 6. The Hall–Kier alpha value is -2.46. The Morgan fingerprint density at radius 2 is 2.08 bits per heavy atom. The highest BCUT2D eigenvalue weighted by Crippen LogP contribution is 2.16. The van der Waals surface area contributed by atoms with Gasteiger partial charge in [-0.25, -0.2) is 4.39 Å². The van der Waals surface area contributed by atoms with E-state index in [0.29, 0.717) is 13.1 Å². The van der Waals surface area contributed by atoms with Gasteiger partial charge in [0.05, 0.1) is 6.10 Å². The van der Waals surface area contributed by atoms with Gasteiger partial charge in [-0.1, -0.05) is 42.0 Å². The quantitative estimate of drug-likeness (QED) is 0.723. The van der Waals surface area contributed by atoms with Crippen LogP contribution in [0.4, 0.5) is 4.39 Å². The highest BCUT2D eigenvalue weighted by Gasteiger charge is 2.21. The number of nitrogens with zero attached hydrogens (tertiary/aromatic N) is 1. The lowest BCUT2D eigenvalue weighted by molar-refractivity contribution is -0.128. The minimum absolute atomic E-state index is 0.0558. The first-order chi connectivity index (χ1) is 12.6. The van der Waals surface area contributed by atoms with Gasteiger partial charge < -0.3 is 9.64 Å². The van der Waals surface area contributed by atoms with Gasteiger partial charge in [0, 0.05) is 25.8 Å². The average Bonchev–Trinajstić information content (AvgIpc) is 3.13. The predicted molar refractivity (Wildman–Crippen MR) is 101 cm³/mol. The molecule has 0 spiro atoms. The molecule has 1 aliphatic heterocycles. The van der Waals surface area contributed by atoms with Crippen molar-refractivity contribution in [3.63, 3.8) is 0 Å². The highest BCUT2D eigenvalue weighted by atomic mass is 19.1. The molecular weight excluding hydrogens is 329 g/mol. The van der Waals surface area contributed by atoms with E-state index in [-0.39, 0.29) is 17.8 Å². The zero-order valence-corrected chi connectivity index (χ0v) is 15.0. The second-order valence-corrected chi connectivity index (χ2v) is 6.73. The van der Waals surface area contributed by atoms with E-state index in [1.54, 1.807) is 17.0 Å². The third kappa shape index (κ3) is 5.27. The number of hydrogen-bond acceptors (Lipinski definition) is 2. The highest BCUT2D eigenvalue weighted by molar-refractivity contribution is 5.91. The maximum Gasteiger partial charge on any atom is 0.246 e. The molecule has 2 aromatic rings. The van der Waals surface area contributed by atoms with Gasteiger partial charge in [-0.2, -0.15) is 0 Å². The number of ether oxygens (including phenoxy) is 1. The first-order valence-electron chi connectivity index (χ1n) is 9.00. The Kier molecular flexibility index (Phi) is 6.18. The van der Waals surface area contributed by atoms with Crippen LogP contribution in [0.15, 0.2) is 54.6 Å². The van der Waals surface area contributed by atoms with Crippen molar-refractivity contribution in [3.8, 4) is 0 Å². The maximum atomic E-state index is 13.5. The van der Waals surface area contributed by atoms with Crippen LogP contribution >= 0.6 is 0 Å². The summed E-state index contributed by atoms with van der Waals surface area (Å²) in [7, 11) is 0. The predicted octanol–water partition coefficient (Wildman–Crippen LogP) is 4.36. The van der Waals surface area contributed by atoms with Gasteiger partial charge in [-0.3, -0.25) is 4.79 Å². The molecule has 1 aliphatic rings. The largest absolute Gasteiger partial charge is 0.376 e. The molecule has 0 aromatic heterocycles. The molecular formula is C22H24FNO2. The van der Waals surface area contributed by atoms with Crippen molar-refractivity contribution in [2.75, 3.05) is 13.2 Å². The number of hydrogen-bond donors (Lipinski definition) is 0. The molecule has 4 heteroatoms. The van der Waals surface area contributed by atoms with Crippen LogP contribution in [-0.4, -0.2) is 30.1 Å². The van der Waals surface area contributed by atoms with E-state index in [4.69, 9.17) is 4.74 Å². The second kappa shape index (κ2) is 8.77. The molecule has 1 amide bonds. The first kappa shape index (κ1) is 18.3. The van der Waals surface area contributed by atoms with E-state index >= 15 is 0 Å². The van der Waals surface area contributed by atoms with Gasteiger partial charge in [0.2, 0.25) is 5.91 Å². The summed E-state index contributed by atoms with van der Waals surface area (Å²) in [6.45, 7) is 3.66. The minimum atomic E-state index is -0.290. The van der Waals surface area contributed by atoms with Crippen molar-refractivity contribution in [2.24, 2.45) is 0 Å². The minimum Gasteiger partial charge on any atom is -0.376 e. The molecule has 1 fully saturated rings. The SMILES string of the molecule is Cc1ccc(/C=C/C(=O)N(Cc2cccc(F)c2)CC2CCCO2)cc1. The number of halogens is 1. The molecule has 1 saturated heterocycles. The van der Waals surface area contributed by atoms with Crippen LogP contribution in [-0.2, 0) is 16.1 Å². The van der Waals surface area contributed by atoms with Crippen molar-refractivity contribution in [2.45, 2.75) is 32.4 Å². The van der Waals surface area contributed by atoms with Crippen LogP contribution in [0.3, 0.4) is 0 Å². The summed E-state index contributed by atoms with van der Waals surface area (Å²) >= 11 is 0. The molecule has 1 unspecified atom stereocenters. The van der Waals surface area contributed by atoms with Gasteiger partial charge in [0.1, 0.15) is 5.82 Å². The fourth-order valence-electron chi connectivity index (χ4n) is 3.07. The average molecular weight is 353 g/mol. The molecule has 0 radical (unpaired) electrons. The van der Waals surface area contributed by atoms with Crippen molar-refractivity contribution in [3.05, 3.63) is 77.1 Å². The first-order valence-corrected chi connectivity index (χ1v) is 9.00. The van der Waals surface area contributed by atoms with E-state index < -0.39 is 0 Å². The van der Waals surface area contributed by atoms with E-state index in [1.807, 2.05) is 43.3 Å². The number of carbonyl (C=O) groups is 1. The molecule has 1 atom stereocenters. The summed E-state index contributed by atoms with van der Waals surface area (Å²) in [6.07, 6.45) is 5.43. The topological polar surface area (TPSA) is 29.5 Å². The number of benzene rings is 2. The fourth-order valence-corrected chi connectivity index (χ4v) is 3.07. The molecule has 0 saturated carbocycles. The van der Waals surface area contributed by atoms with Crippen LogP contribution in [0.25, 0.3) is 6.08 Å². The van der Waals surface area contributed by atoms with Crippen molar-refractivity contribution >= 4 is 12.0 Å². The lowest BCUT2D eigenvalue weighted by atomic mass is 10.1. The van der Waals surface area contributed by atoms with Gasteiger partial charge >= 0.3 is 0 Å². The van der Waals surface area contributed by atoms with E-state index in [2.05, 4.69) is 0 Å². The van der Waals surface area contributed by atoms with Crippen molar-refractivity contribution in [1.82, 2.24) is 4.90 Å². The normalized spacial score (nSPS) is 16.9. The molecule has 26 heavy (non-hydrogen) atoms. The number of amides is 1. The summed E-state index contributed by atoms with van der Waals surface area (Å²) in [5, 5.41) is 0. The number of aryl methyl sites for hydroxylation is 1. The third-order valence-electron chi connectivity index (χ3n) is 4.52. The van der Waals surface area contributed by atoms with Crippen molar-refractivity contribution < 1.29 is 13.9 Å². The van der Waals surface area contributed by atoms with Gasteiger partial charge in [0.15, 0.2) is 0 Å². The van der Waals surface area contributed by atoms with Gasteiger partial charge in [0.25, 0.3) is 0 Å². The molecule has 0 aliphatic carbocycles. The summed E-state index contributed by atoms with van der Waals surface area (Å²) in [5.74, 6) is -0.382. The Labute approximate surface area is 154 Å². The summed E-state index contributed by atoms with van der Waals surface area (Å²) in [5.41, 5.74) is 2.94. The molecule has 0 bridgehead atoms. The molecule has 3 rings (SSSR count).